The number of benzene rings is 2. The molecule has 0 amide bonds. The highest BCUT2D eigenvalue weighted by Gasteiger charge is 2.49. The molecule has 0 radical (unpaired) electrons. The lowest BCUT2D eigenvalue weighted by molar-refractivity contribution is 0.694. The topological polar surface area (TPSA) is 0 Å². The number of fused-ring (bicyclic) bond motifs is 4. The summed E-state index contributed by atoms with van der Waals surface area (Å²) in [5.41, 5.74) is 1.52. The van der Waals surface area contributed by atoms with Crippen LogP contribution < -0.4 is 0 Å². The smallest absolute Gasteiger partial charge is 0.0243 e. The largest absolute Gasteiger partial charge is 0.0619 e. The van der Waals surface area contributed by atoms with Crippen molar-refractivity contribution < 1.29 is 8.22 Å². The zero-order valence-electron chi connectivity index (χ0n) is 17.9. The SMILES string of the molecule is [2H]C([2H])([2H])C1(C)C2=C(c3ccccc31)C(C)(C([2H])([2H])[2H])c1cc(Br)ccc12. The van der Waals surface area contributed by atoms with Crippen LogP contribution in [0.25, 0.3) is 11.1 Å². The van der Waals surface area contributed by atoms with Crippen LogP contribution in [0.4, 0.5) is 0 Å². The number of rotatable bonds is 0. The molecule has 4 rings (SSSR count). The van der Waals surface area contributed by atoms with Gasteiger partial charge in [0.1, 0.15) is 0 Å². The normalized spacial score (nSPS) is 34.8. The van der Waals surface area contributed by atoms with Crippen molar-refractivity contribution in [3.63, 3.8) is 0 Å². The van der Waals surface area contributed by atoms with Gasteiger partial charge in [-0.05, 0) is 45.5 Å². The highest BCUT2D eigenvalue weighted by Crippen LogP contribution is 2.62. The van der Waals surface area contributed by atoms with E-state index in [4.69, 9.17) is 8.22 Å². The zero-order chi connectivity index (χ0) is 20.0. The van der Waals surface area contributed by atoms with Crippen molar-refractivity contribution in [2.45, 2.75) is 38.4 Å². The molecule has 0 spiro atoms. The van der Waals surface area contributed by atoms with Crippen LogP contribution in [0.15, 0.2) is 46.9 Å². The van der Waals surface area contributed by atoms with E-state index in [2.05, 4.69) is 15.9 Å². The molecule has 0 aromatic heterocycles. The lowest BCUT2D eigenvalue weighted by Gasteiger charge is -2.27. The van der Waals surface area contributed by atoms with Crippen LogP contribution in [0.5, 0.6) is 0 Å². The minimum Gasteiger partial charge on any atom is -0.0619 e. The fourth-order valence-electron chi connectivity index (χ4n) is 3.86. The van der Waals surface area contributed by atoms with Crippen molar-refractivity contribution in [1.82, 2.24) is 0 Å². The molecule has 0 saturated heterocycles. The summed E-state index contributed by atoms with van der Waals surface area (Å²) in [6.45, 7) is -1.20. The number of hydrogen-bond acceptors (Lipinski definition) is 0. The van der Waals surface area contributed by atoms with E-state index < -0.39 is 24.5 Å². The van der Waals surface area contributed by atoms with E-state index in [1.54, 1.807) is 13.8 Å². The average molecular weight is 345 g/mol. The van der Waals surface area contributed by atoms with E-state index in [0.717, 1.165) is 15.6 Å². The molecule has 106 valence electrons. The van der Waals surface area contributed by atoms with Crippen LogP contribution in [0.3, 0.4) is 0 Å². The van der Waals surface area contributed by atoms with Crippen LogP contribution >= 0.6 is 15.9 Å². The van der Waals surface area contributed by atoms with Crippen molar-refractivity contribution in [1.29, 1.82) is 0 Å². The molecule has 2 unspecified atom stereocenters. The van der Waals surface area contributed by atoms with E-state index in [0.29, 0.717) is 22.3 Å². The molecule has 0 saturated carbocycles. The fraction of sp³-hybridized carbons (Fsp3) is 0.300. The van der Waals surface area contributed by atoms with Crippen LogP contribution in [0, 0.1) is 0 Å². The first kappa shape index (κ1) is 8.33. The fourth-order valence-corrected chi connectivity index (χ4v) is 4.22. The predicted octanol–water partition coefficient (Wildman–Crippen LogP) is 5.94. The molecule has 0 heterocycles. The Morgan fingerprint density at radius 1 is 0.857 bits per heavy atom. The molecule has 0 aliphatic heterocycles. The second kappa shape index (κ2) is 3.89. The standard InChI is InChI=1S/C20H19Br/c1-19(2)15-8-6-5-7-13(15)17-18(19)14-10-9-12(21)11-16(14)20(17,3)4/h5-11H,1-4H3/i1D3,3D3. The number of halogens is 1. The third kappa shape index (κ3) is 1.51. The van der Waals surface area contributed by atoms with Crippen molar-refractivity contribution in [3.8, 4) is 0 Å². The van der Waals surface area contributed by atoms with Crippen LogP contribution in [0.1, 0.15) is 58.0 Å². The van der Waals surface area contributed by atoms with Gasteiger partial charge in [0.05, 0.1) is 0 Å². The zero-order valence-corrected chi connectivity index (χ0v) is 13.5. The summed E-state index contributed by atoms with van der Waals surface area (Å²) >= 11 is 3.45. The Morgan fingerprint density at radius 3 is 2.19 bits per heavy atom. The Balaban J connectivity index is 2.20. The first-order valence-electron chi connectivity index (χ1n) is 10.0. The molecular formula is C20H19Br. The summed E-state index contributed by atoms with van der Waals surface area (Å²) < 4.78 is 50.8. The molecular weight excluding hydrogens is 320 g/mol. The third-order valence-electron chi connectivity index (χ3n) is 4.77. The van der Waals surface area contributed by atoms with Gasteiger partial charge in [-0.25, -0.2) is 0 Å². The van der Waals surface area contributed by atoms with E-state index in [-0.39, 0.29) is 0 Å². The van der Waals surface area contributed by atoms with Crippen LogP contribution in [0.2, 0.25) is 0 Å². The van der Waals surface area contributed by atoms with Gasteiger partial charge in [0.25, 0.3) is 0 Å². The quantitative estimate of drug-likeness (QED) is 0.554. The molecule has 2 aromatic rings. The van der Waals surface area contributed by atoms with Gasteiger partial charge in [-0.2, -0.15) is 0 Å². The molecule has 1 heteroatoms. The van der Waals surface area contributed by atoms with E-state index in [1.165, 1.54) is 0 Å². The second-order valence-corrected chi connectivity index (χ2v) is 7.15. The highest BCUT2D eigenvalue weighted by molar-refractivity contribution is 9.10. The molecule has 0 bridgehead atoms. The predicted molar refractivity (Wildman–Crippen MR) is 93.5 cm³/mol. The van der Waals surface area contributed by atoms with E-state index >= 15 is 0 Å². The summed E-state index contributed by atoms with van der Waals surface area (Å²) in [7, 11) is 0. The number of allylic oxidation sites excluding steroid dienone is 2. The maximum Gasteiger partial charge on any atom is 0.0243 e. The molecule has 2 aliphatic carbocycles. The summed E-state index contributed by atoms with van der Waals surface area (Å²) in [6.07, 6.45) is 0. The summed E-state index contributed by atoms with van der Waals surface area (Å²) in [4.78, 5) is 0. The minimum absolute atomic E-state index is 0.629. The Morgan fingerprint density at radius 2 is 1.48 bits per heavy atom. The Bertz CT molecular complexity index is 1000. The highest BCUT2D eigenvalue weighted by atomic mass is 79.9. The van der Waals surface area contributed by atoms with Crippen molar-refractivity contribution in [3.05, 3.63) is 69.2 Å². The van der Waals surface area contributed by atoms with Gasteiger partial charge in [0.2, 0.25) is 0 Å². The first-order valence-corrected chi connectivity index (χ1v) is 7.80. The molecule has 21 heavy (non-hydrogen) atoms. The van der Waals surface area contributed by atoms with Gasteiger partial charge in [0, 0.05) is 23.5 Å². The average Bonchev–Trinajstić information content (AvgIpc) is 2.98. The van der Waals surface area contributed by atoms with Gasteiger partial charge < -0.3 is 0 Å². The summed E-state index contributed by atoms with van der Waals surface area (Å²) in [6, 6.07) is 12.8. The van der Waals surface area contributed by atoms with Crippen molar-refractivity contribution in [2.75, 3.05) is 0 Å². The van der Waals surface area contributed by atoms with Crippen LogP contribution in [-0.4, -0.2) is 0 Å². The third-order valence-corrected chi connectivity index (χ3v) is 5.27. The van der Waals surface area contributed by atoms with Crippen LogP contribution in [-0.2, 0) is 10.8 Å². The Hall–Kier alpha value is -1.34. The minimum atomic E-state index is -2.33. The van der Waals surface area contributed by atoms with Gasteiger partial charge in [-0.1, -0.05) is 73.8 Å². The molecule has 0 N–H and O–H groups in total. The Kier molecular flexibility index (Phi) is 1.55. The van der Waals surface area contributed by atoms with E-state index in [9.17, 15) is 0 Å². The van der Waals surface area contributed by atoms with Crippen molar-refractivity contribution in [2.24, 2.45) is 0 Å². The lowest BCUT2D eigenvalue weighted by Crippen LogP contribution is -2.19. The lowest BCUT2D eigenvalue weighted by atomic mass is 9.76. The Labute approximate surface area is 143 Å². The molecule has 2 atom stereocenters. The summed E-state index contributed by atoms with van der Waals surface area (Å²) in [5, 5.41) is 0. The maximum atomic E-state index is 8.35. The number of hydrogen-bond donors (Lipinski definition) is 0. The molecule has 0 fully saturated rings. The van der Waals surface area contributed by atoms with Crippen molar-refractivity contribution >= 4 is 27.1 Å². The monoisotopic (exact) mass is 344 g/mol. The molecule has 2 aliphatic rings. The maximum absolute atomic E-state index is 8.35. The molecule has 0 nitrogen and oxygen atoms in total. The second-order valence-electron chi connectivity index (χ2n) is 6.24. The molecule has 2 aromatic carbocycles. The van der Waals surface area contributed by atoms with Gasteiger partial charge in [-0.15, -0.1) is 0 Å². The summed E-state index contributed by atoms with van der Waals surface area (Å²) in [5.74, 6) is 0. The first-order chi connectivity index (χ1) is 12.3. The van der Waals surface area contributed by atoms with Gasteiger partial charge in [0.15, 0.2) is 0 Å². The van der Waals surface area contributed by atoms with E-state index in [1.807, 2.05) is 42.5 Å². The van der Waals surface area contributed by atoms with Gasteiger partial charge >= 0.3 is 0 Å². The van der Waals surface area contributed by atoms with Gasteiger partial charge in [-0.3, -0.25) is 0 Å².